The molecule has 5 heterocycles. The maximum absolute atomic E-state index is 5.47. The number of hydrogen-bond donors (Lipinski definition) is 1. The molecule has 1 aliphatic heterocycles. The number of hydrogen-bond acceptors (Lipinski definition) is 8. The largest absolute Gasteiger partial charge is 0.460 e. The Balaban J connectivity index is 1.18. The molecular formula is C19H17N7O. The third kappa shape index (κ3) is 3.05. The van der Waals surface area contributed by atoms with Crippen LogP contribution in [0.1, 0.15) is 0 Å². The Bertz CT molecular complexity index is 1040. The lowest BCUT2D eigenvalue weighted by Gasteiger charge is -2.40. The summed E-state index contributed by atoms with van der Waals surface area (Å²) in [6.07, 6.45) is 6.86. The number of pyridine rings is 1. The summed E-state index contributed by atoms with van der Waals surface area (Å²) in [5, 5.41) is 21.1. The van der Waals surface area contributed by atoms with E-state index in [0.717, 1.165) is 47.7 Å². The predicted molar refractivity (Wildman–Crippen MR) is 101 cm³/mol. The zero-order chi connectivity index (χ0) is 18.1. The molecule has 1 saturated heterocycles. The monoisotopic (exact) mass is 359 g/mol. The molecule has 0 radical (unpaired) electrons. The van der Waals surface area contributed by atoms with Crippen molar-refractivity contribution in [2.45, 2.75) is 0 Å². The molecule has 1 fully saturated rings. The molecule has 0 bridgehead atoms. The lowest BCUT2D eigenvalue weighted by atomic mass is 10.0. The molecule has 0 amide bonds. The lowest BCUT2D eigenvalue weighted by molar-refractivity contribution is 0.425. The van der Waals surface area contributed by atoms with Gasteiger partial charge in [-0.2, -0.15) is 5.10 Å². The van der Waals surface area contributed by atoms with Gasteiger partial charge in [-0.25, -0.2) is 0 Å². The Hall–Kier alpha value is -3.55. The van der Waals surface area contributed by atoms with Crippen molar-refractivity contribution in [2.24, 2.45) is 5.92 Å². The lowest BCUT2D eigenvalue weighted by Crippen LogP contribution is -2.50. The van der Waals surface area contributed by atoms with E-state index in [9.17, 15) is 0 Å². The van der Waals surface area contributed by atoms with E-state index in [2.05, 4.69) is 35.6 Å². The second-order valence-electron chi connectivity index (χ2n) is 6.56. The van der Waals surface area contributed by atoms with Crippen molar-refractivity contribution in [3.05, 3.63) is 55.2 Å². The summed E-state index contributed by atoms with van der Waals surface area (Å²) in [6, 6.07) is 9.75. The first kappa shape index (κ1) is 15.7. The van der Waals surface area contributed by atoms with Crippen LogP contribution in [0, 0.1) is 5.92 Å². The Morgan fingerprint density at radius 2 is 1.93 bits per heavy atom. The van der Waals surface area contributed by atoms with E-state index in [1.807, 2.05) is 30.3 Å². The van der Waals surface area contributed by atoms with Crippen LogP contribution in [-0.2, 0) is 0 Å². The fraction of sp³-hybridized carbons (Fsp3) is 0.211. The van der Waals surface area contributed by atoms with Crippen LogP contribution in [0.25, 0.3) is 22.2 Å². The molecule has 134 valence electrons. The van der Waals surface area contributed by atoms with Crippen molar-refractivity contribution in [3.63, 3.8) is 0 Å². The van der Waals surface area contributed by atoms with Crippen molar-refractivity contribution in [2.75, 3.05) is 29.9 Å². The smallest absolute Gasteiger partial charge is 0.192 e. The number of anilines is 2. The summed E-state index contributed by atoms with van der Waals surface area (Å²) >= 11 is 0. The molecule has 1 N–H and O–H groups in total. The molecule has 4 aromatic rings. The third-order valence-electron chi connectivity index (χ3n) is 4.73. The van der Waals surface area contributed by atoms with Gasteiger partial charge in [0.05, 0.1) is 18.2 Å². The van der Waals surface area contributed by atoms with E-state index in [0.29, 0.717) is 11.7 Å². The first-order valence-electron chi connectivity index (χ1n) is 8.78. The Kier molecular flexibility index (Phi) is 3.86. The van der Waals surface area contributed by atoms with Gasteiger partial charge in [-0.05, 0) is 30.3 Å². The van der Waals surface area contributed by atoms with Crippen molar-refractivity contribution < 1.29 is 4.42 Å². The van der Waals surface area contributed by atoms with E-state index in [-0.39, 0.29) is 0 Å². The molecule has 8 nitrogen and oxygen atoms in total. The Labute approximate surface area is 155 Å². The van der Waals surface area contributed by atoms with Crippen LogP contribution in [0.2, 0.25) is 0 Å². The normalized spacial score (nSPS) is 14.3. The van der Waals surface area contributed by atoms with E-state index in [1.54, 1.807) is 24.9 Å². The average Bonchev–Trinajstić information content (AvgIpc) is 3.17. The van der Waals surface area contributed by atoms with E-state index in [1.165, 1.54) is 0 Å². The molecule has 0 saturated carbocycles. The minimum absolute atomic E-state index is 0.513. The zero-order valence-electron chi connectivity index (χ0n) is 14.5. The number of nitrogens with zero attached hydrogens (tertiary/aromatic N) is 6. The molecular weight excluding hydrogens is 342 g/mol. The Morgan fingerprint density at radius 1 is 1.04 bits per heavy atom. The van der Waals surface area contributed by atoms with Gasteiger partial charge in [0, 0.05) is 48.9 Å². The van der Waals surface area contributed by atoms with Crippen LogP contribution in [0.4, 0.5) is 11.6 Å². The van der Waals surface area contributed by atoms with Gasteiger partial charge in [0.25, 0.3) is 0 Å². The highest BCUT2D eigenvalue weighted by Gasteiger charge is 2.28. The molecule has 0 spiro atoms. The number of aromatic nitrogens is 5. The molecule has 0 atom stereocenters. The third-order valence-corrected chi connectivity index (χ3v) is 4.73. The molecule has 5 rings (SSSR count). The molecule has 1 aliphatic rings. The highest BCUT2D eigenvalue weighted by atomic mass is 16.3. The Morgan fingerprint density at radius 3 is 2.74 bits per heavy atom. The number of furan rings is 1. The first-order chi connectivity index (χ1) is 13.4. The van der Waals surface area contributed by atoms with E-state index >= 15 is 0 Å². The van der Waals surface area contributed by atoms with Crippen molar-refractivity contribution in [1.82, 2.24) is 25.4 Å². The van der Waals surface area contributed by atoms with Gasteiger partial charge < -0.3 is 14.6 Å². The van der Waals surface area contributed by atoms with Gasteiger partial charge in [0.2, 0.25) is 0 Å². The molecule has 4 aromatic heterocycles. The topological polar surface area (TPSA) is 92.9 Å². The molecule has 0 aromatic carbocycles. The van der Waals surface area contributed by atoms with Gasteiger partial charge >= 0.3 is 0 Å². The summed E-state index contributed by atoms with van der Waals surface area (Å²) in [5.41, 5.74) is 2.62. The van der Waals surface area contributed by atoms with Crippen LogP contribution in [0.15, 0.2) is 59.6 Å². The predicted octanol–water partition coefficient (Wildman–Crippen LogP) is 2.62. The van der Waals surface area contributed by atoms with Crippen molar-refractivity contribution in [3.8, 4) is 11.3 Å². The minimum atomic E-state index is 0.513. The first-order valence-corrected chi connectivity index (χ1v) is 8.78. The van der Waals surface area contributed by atoms with Gasteiger partial charge in [0.1, 0.15) is 0 Å². The zero-order valence-corrected chi connectivity index (χ0v) is 14.5. The molecule has 8 heteroatoms. The fourth-order valence-corrected chi connectivity index (χ4v) is 3.22. The summed E-state index contributed by atoms with van der Waals surface area (Å²) in [7, 11) is 0. The van der Waals surface area contributed by atoms with Crippen LogP contribution in [-0.4, -0.2) is 45.0 Å². The maximum Gasteiger partial charge on any atom is 0.192 e. The highest BCUT2D eigenvalue weighted by molar-refractivity contribution is 5.85. The number of fused-ring (bicyclic) bond motifs is 1. The average molecular weight is 359 g/mol. The maximum atomic E-state index is 5.47. The van der Waals surface area contributed by atoms with Crippen LogP contribution in [0.3, 0.4) is 0 Å². The van der Waals surface area contributed by atoms with Crippen LogP contribution >= 0.6 is 0 Å². The van der Waals surface area contributed by atoms with Crippen LogP contribution < -0.4 is 10.2 Å². The second-order valence-corrected chi connectivity index (χ2v) is 6.56. The van der Waals surface area contributed by atoms with Gasteiger partial charge in [-0.1, -0.05) is 0 Å². The van der Waals surface area contributed by atoms with Gasteiger partial charge in [0.15, 0.2) is 17.2 Å². The summed E-state index contributed by atoms with van der Waals surface area (Å²) in [5.74, 6) is 2.10. The number of rotatable bonds is 5. The SMILES string of the molecule is c1cc(-c2ccc(N3CC(CNc4nncc5ccoc45)C3)nn2)ccn1. The standard InChI is InChI=1S/C19H17N7O/c1-2-17(24-23-16(1)14-3-6-20-7-4-14)26-11-13(12-26)9-21-19-18-15(5-8-27-18)10-22-25-19/h1-8,10,13H,9,11-12H2,(H,21,25). The highest BCUT2D eigenvalue weighted by Crippen LogP contribution is 2.25. The van der Waals surface area contributed by atoms with Crippen molar-refractivity contribution in [1.29, 1.82) is 0 Å². The summed E-state index contributed by atoms with van der Waals surface area (Å²) in [4.78, 5) is 6.24. The van der Waals surface area contributed by atoms with Gasteiger partial charge in [-0.3, -0.25) is 4.98 Å². The molecule has 0 unspecified atom stereocenters. The van der Waals surface area contributed by atoms with Gasteiger partial charge in [-0.15, -0.1) is 15.3 Å². The quantitative estimate of drug-likeness (QED) is 0.581. The molecule has 0 aliphatic carbocycles. The van der Waals surface area contributed by atoms with E-state index in [4.69, 9.17) is 4.42 Å². The second kappa shape index (κ2) is 6.64. The summed E-state index contributed by atoms with van der Waals surface area (Å²) in [6.45, 7) is 2.67. The summed E-state index contributed by atoms with van der Waals surface area (Å²) < 4.78 is 5.47. The molecule has 27 heavy (non-hydrogen) atoms. The minimum Gasteiger partial charge on any atom is -0.460 e. The number of nitrogens with one attached hydrogen (secondary N) is 1. The fourth-order valence-electron chi connectivity index (χ4n) is 3.22. The van der Waals surface area contributed by atoms with E-state index < -0.39 is 0 Å². The van der Waals surface area contributed by atoms with Crippen LogP contribution in [0.5, 0.6) is 0 Å². The van der Waals surface area contributed by atoms with Crippen molar-refractivity contribution >= 4 is 22.6 Å².